The average molecular weight is 234 g/mol. The van der Waals surface area contributed by atoms with Crippen molar-refractivity contribution in [2.75, 3.05) is 6.61 Å². The molecule has 94 valence electrons. The van der Waals surface area contributed by atoms with Crippen molar-refractivity contribution in [2.24, 2.45) is 5.92 Å². The number of benzene rings is 1. The minimum Gasteiger partial charge on any atom is -0.493 e. The van der Waals surface area contributed by atoms with Gasteiger partial charge in [0.1, 0.15) is 11.5 Å². The zero-order valence-electron chi connectivity index (χ0n) is 11.0. The second kappa shape index (κ2) is 7.10. The van der Waals surface area contributed by atoms with Crippen LogP contribution in [0.1, 0.15) is 38.7 Å². The fraction of sp³-hybridized carbons (Fsp3) is 0.533. The van der Waals surface area contributed by atoms with E-state index in [4.69, 9.17) is 4.74 Å². The molecular formula is C15H22O2. The maximum absolute atomic E-state index is 11.6. The van der Waals surface area contributed by atoms with Crippen molar-refractivity contribution < 1.29 is 9.53 Å². The summed E-state index contributed by atoms with van der Waals surface area (Å²) in [7, 11) is 0. The Hall–Kier alpha value is -1.31. The molecule has 0 aromatic heterocycles. The predicted octanol–water partition coefficient (Wildman–Crippen LogP) is 3.77. The topological polar surface area (TPSA) is 26.3 Å². The van der Waals surface area contributed by atoms with Gasteiger partial charge < -0.3 is 4.74 Å². The minimum absolute atomic E-state index is 0.298. The van der Waals surface area contributed by atoms with Crippen LogP contribution in [0.5, 0.6) is 5.75 Å². The van der Waals surface area contributed by atoms with Crippen molar-refractivity contribution in [1.29, 1.82) is 0 Å². The van der Waals surface area contributed by atoms with Gasteiger partial charge in [-0.1, -0.05) is 32.4 Å². The second-order valence-electron chi connectivity index (χ2n) is 4.67. The number of aryl methyl sites for hydroxylation is 1. The van der Waals surface area contributed by atoms with Gasteiger partial charge in [-0.15, -0.1) is 0 Å². The van der Waals surface area contributed by atoms with Crippen molar-refractivity contribution >= 4 is 5.78 Å². The lowest BCUT2D eigenvalue weighted by Gasteiger charge is -2.08. The van der Waals surface area contributed by atoms with Gasteiger partial charge in [0.15, 0.2) is 0 Å². The van der Waals surface area contributed by atoms with Gasteiger partial charge in [-0.25, -0.2) is 0 Å². The number of carbonyl (C=O) groups excluding carboxylic acids is 1. The summed E-state index contributed by atoms with van der Waals surface area (Å²) in [5.74, 6) is 1.63. The summed E-state index contributed by atoms with van der Waals surface area (Å²) in [6.07, 6.45) is 2.25. The SMILES string of the molecule is CCC(C)CC(=O)CCOc1cccc(C)c1. The van der Waals surface area contributed by atoms with Crippen LogP contribution in [0.3, 0.4) is 0 Å². The molecule has 1 atom stereocenters. The molecule has 0 aliphatic heterocycles. The Labute approximate surface area is 104 Å². The standard InChI is InChI=1S/C15H22O2/c1-4-12(2)10-14(16)8-9-17-15-7-5-6-13(3)11-15/h5-7,11-12H,4,8-10H2,1-3H3. The summed E-state index contributed by atoms with van der Waals surface area (Å²) >= 11 is 0. The fourth-order valence-electron chi connectivity index (χ4n) is 1.62. The van der Waals surface area contributed by atoms with Gasteiger partial charge in [0.25, 0.3) is 0 Å². The molecule has 2 heteroatoms. The molecule has 1 aromatic rings. The van der Waals surface area contributed by atoms with Crippen molar-refractivity contribution in [2.45, 2.75) is 40.0 Å². The molecule has 0 radical (unpaired) electrons. The molecule has 17 heavy (non-hydrogen) atoms. The molecule has 1 rings (SSSR count). The largest absolute Gasteiger partial charge is 0.493 e. The summed E-state index contributed by atoms with van der Waals surface area (Å²) in [6.45, 7) is 6.74. The molecule has 0 N–H and O–H groups in total. The van der Waals surface area contributed by atoms with Crippen molar-refractivity contribution in [1.82, 2.24) is 0 Å². The van der Waals surface area contributed by atoms with Gasteiger partial charge in [0.2, 0.25) is 0 Å². The van der Waals surface area contributed by atoms with Crippen LogP contribution in [0, 0.1) is 12.8 Å². The van der Waals surface area contributed by atoms with Gasteiger partial charge in [-0.3, -0.25) is 4.79 Å². The molecule has 0 saturated heterocycles. The summed E-state index contributed by atoms with van der Waals surface area (Å²) in [5, 5.41) is 0. The van der Waals surface area contributed by atoms with E-state index in [1.807, 2.05) is 31.2 Å². The quantitative estimate of drug-likeness (QED) is 0.718. The summed E-state index contributed by atoms with van der Waals surface area (Å²) < 4.78 is 5.55. The normalized spacial score (nSPS) is 12.2. The van der Waals surface area contributed by atoms with Gasteiger partial charge in [0.05, 0.1) is 6.61 Å². The predicted molar refractivity (Wildman–Crippen MR) is 70.4 cm³/mol. The van der Waals surface area contributed by atoms with Gasteiger partial charge >= 0.3 is 0 Å². The summed E-state index contributed by atoms with van der Waals surface area (Å²) in [6, 6.07) is 7.90. The van der Waals surface area contributed by atoms with E-state index >= 15 is 0 Å². The van der Waals surface area contributed by atoms with Crippen LogP contribution >= 0.6 is 0 Å². The third kappa shape index (κ3) is 5.53. The number of ketones is 1. The van der Waals surface area contributed by atoms with E-state index in [-0.39, 0.29) is 0 Å². The highest BCUT2D eigenvalue weighted by molar-refractivity contribution is 5.78. The minimum atomic E-state index is 0.298. The molecule has 0 aliphatic carbocycles. The third-order valence-electron chi connectivity index (χ3n) is 2.91. The smallest absolute Gasteiger partial charge is 0.136 e. The van der Waals surface area contributed by atoms with E-state index in [9.17, 15) is 4.79 Å². The number of ether oxygens (including phenoxy) is 1. The number of hydrogen-bond donors (Lipinski definition) is 0. The van der Waals surface area contributed by atoms with Crippen molar-refractivity contribution in [3.8, 4) is 5.75 Å². The fourth-order valence-corrected chi connectivity index (χ4v) is 1.62. The van der Waals surface area contributed by atoms with Crippen LogP contribution in [0.4, 0.5) is 0 Å². The van der Waals surface area contributed by atoms with Crippen LogP contribution in [0.25, 0.3) is 0 Å². The monoisotopic (exact) mass is 234 g/mol. The van der Waals surface area contributed by atoms with Crippen molar-refractivity contribution in [3.05, 3.63) is 29.8 Å². The maximum Gasteiger partial charge on any atom is 0.136 e. The summed E-state index contributed by atoms with van der Waals surface area (Å²) in [5.41, 5.74) is 1.17. The van der Waals surface area contributed by atoms with E-state index in [1.54, 1.807) is 0 Å². The van der Waals surface area contributed by atoms with Crippen LogP contribution < -0.4 is 4.74 Å². The Morgan fingerprint density at radius 3 is 2.82 bits per heavy atom. The molecule has 1 unspecified atom stereocenters. The molecule has 0 aliphatic rings. The van der Waals surface area contributed by atoms with Gasteiger partial charge in [-0.2, -0.15) is 0 Å². The zero-order valence-corrected chi connectivity index (χ0v) is 11.0. The average Bonchev–Trinajstić information content (AvgIpc) is 2.29. The first-order valence-electron chi connectivity index (χ1n) is 6.33. The van der Waals surface area contributed by atoms with Crippen LogP contribution in [-0.2, 0) is 4.79 Å². The van der Waals surface area contributed by atoms with Crippen molar-refractivity contribution in [3.63, 3.8) is 0 Å². The first-order chi connectivity index (χ1) is 8.11. The maximum atomic E-state index is 11.6. The molecule has 2 nitrogen and oxygen atoms in total. The van der Waals surface area contributed by atoms with Gasteiger partial charge in [-0.05, 0) is 30.5 Å². The van der Waals surface area contributed by atoms with E-state index in [0.717, 1.165) is 12.2 Å². The first kappa shape index (κ1) is 13.8. The molecule has 0 bridgehead atoms. The Kier molecular flexibility index (Phi) is 5.75. The number of rotatable bonds is 7. The number of hydrogen-bond acceptors (Lipinski definition) is 2. The van der Waals surface area contributed by atoms with E-state index in [2.05, 4.69) is 13.8 Å². The lowest BCUT2D eigenvalue weighted by Crippen LogP contribution is -2.09. The Balaban J connectivity index is 2.26. The molecule has 0 spiro atoms. The zero-order chi connectivity index (χ0) is 12.7. The number of Topliss-reactive ketones (excluding diaryl/α,β-unsaturated/α-hetero) is 1. The lowest BCUT2D eigenvalue weighted by molar-refractivity contribution is -0.120. The van der Waals surface area contributed by atoms with Crippen LogP contribution in [0.2, 0.25) is 0 Å². The van der Waals surface area contributed by atoms with Crippen LogP contribution in [0.15, 0.2) is 24.3 Å². The highest BCUT2D eigenvalue weighted by Crippen LogP contribution is 2.13. The molecule has 0 fully saturated rings. The van der Waals surface area contributed by atoms with E-state index in [1.165, 1.54) is 5.56 Å². The Morgan fingerprint density at radius 1 is 1.41 bits per heavy atom. The summed E-state index contributed by atoms with van der Waals surface area (Å²) in [4.78, 5) is 11.6. The molecule has 0 saturated carbocycles. The third-order valence-corrected chi connectivity index (χ3v) is 2.91. The molecule has 1 aromatic carbocycles. The Bertz CT molecular complexity index is 358. The molecule has 0 amide bonds. The second-order valence-corrected chi connectivity index (χ2v) is 4.67. The molecule has 0 heterocycles. The van der Waals surface area contributed by atoms with Crippen LogP contribution in [-0.4, -0.2) is 12.4 Å². The highest BCUT2D eigenvalue weighted by Gasteiger charge is 2.07. The van der Waals surface area contributed by atoms with E-state index in [0.29, 0.717) is 31.1 Å². The Morgan fingerprint density at radius 2 is 2.18 bits per heavy atom. The van der Waals surface area contributed by atoms with E-state index < -0.39 is 0 Å². The lowest BCUT2D eigenvalue weighted by atomic mass is 10.0. The number of carbonyl (C=O) groups is 1. The van der Waals surface area contributed by atoms with Gasteiger partial charge in [0, 0.05) is 12.8 Å². The first-order valence-corrected chi connectivity index (χ1v) is 6.33. The highest BCUT2D eigenvalue weighted by atomic mass is 16.5. The molecular weight excluding hydrogens is 212 g/mol.